The molecule has 1 atom stereocenters. The van der Waals surface area contributed by atoms with Gasteiger partial charge < -0.3 is 20.2 Å². The molecule has 0 radical (unpaired) electrons. The maximum Gasteiger partial charge on any atom is 0.313 e. The average Bonchev–Trinajstić information content (AvgIpc) is 3.36. The van der Waals surface area contributed by atoms with Crippen molar-refractivity contribution in [1.82, 2.24) is 5.32 Å². The largest absolute Gasteiger partial charge is 0.466 e. The Morgan fingerprint density at radius 2 is 2.04 bits per heavy atom. The van der Waals surface area contributed by atoms with Gasteiger partial charge in [0, 0.05) is 15.6 Å². The zero-order valence-electron chi connectivity index (χ0n) is 14.4. The number of hydrogen-bond acceptors (Lipinski definition) is 5. The molecule has 0 spiro atoms. The second-order valence-corrected chi connectivity index (χ2v) is 7.30. The van der Waals surface area contributed by atoms with E-state index in [9.17, 15) is 14.7 Å². The molecule has 3 aromatic rings. The van der Waals surface area contributed by atoms with Crippen LogP contribution in [-0.4, -0.2) is 23.5 Å². The molecule has 8 heteroatoms. The van der Waals surface area contributed by atoms with Gasteiger partial charge in [-0.2, -0.15) is 0 Å². The van der Waals surface area contributed by atoms with Gasteiger partial charge in [-0.25, -0.2) is 0 Å². The fourth-order valence-electron chi connectivity index (χ4n) is 2.52. The van der Waals surface area contributed by atoms with Crippen LogP contribution in [0, 0.1) is 6.92 Å². The van der Waals surface area contributed by atoms with E-state index in [0.717, 1.165) is 5.56 Å². The van der Waals surface area contributed by atoms with Crippen molar-refractivity contribution in [2.45, 2.75) is 12.5 Å². The van der Waals surface area contributed by atoms with E-state index >= 15 is 0 Å². The Kier molecular flexibility index (Phi) is 5.65. The summed E-state index contributed by atoms with van der Waals surface area (Å²) in [6.45, 7) is 1.57. The Bertz CT molecular complexity index is 905. The van der Waals surface area contributed by atoms with Gasteiger partial charge in [0.05, 0.1) is 12.8 Å². The number of nitrogens with one attached hydrogen (secondary N) is 2. The van der Waals surface area contributed by atoms with Crippen molar-refractivity contribution in [1.29, 1.82) is 0 Å². The topological polar surface area (TPSA) is 91.6 Å². The van der Waals surface area contributed by atoms with Gasteiger partial charge in [-0.3, -0.25) is 9.59 Å². The summed E-state index contributed by atoms with van der Waals surface area (Å²) in [5, 5.41) is 18.3. The predicted molar refractivity (Wildman–Crippen MR) is 104 cm³/mol. The third-order valence-electron chi connectivity index (χ3n) is 4.02. The molecule has 0 fully saturated rings. The first-order valence-corrected chi connectivity index (χ1v) is 9.31. The zero-order chi connectivity index (χ0) is 19.4. The minimum absolute atomic E-state index is 0.220. The molecule has 2 amide bonds. The summed E-state index contributed by atoms with van der Waals surface area (Å²) in [6, 6.07) is 11.8. The third kappa shape index (κ3) is 4.21. The number of aliphatic hydroxyl groups is 1. The van der Waals surface area contributed by atoms with Crippen molar-refractivity contribution in [3.63, 3.8) is 0 Å². The van der Waals surface area contributed by atoms with Crippen molar-refractivity contribution < 1.29 is 19.1 Å². The number of benzene rings is 1. The molecule has 2 heterocycles. The Labute approximate surface area is 164 Å². The highest BCUT2D eigenvalue weighted by Crippen LogP contribution is 2.32. The minimum atomic E-state index is -1.57. The number of halogens is 1. The highest BCUT2D eigenvalue weighted by Gasteiger charge is 2.36. The Balaban J connectivity index is 1.71. The molecule has 27 heavy (non-hydrogen) atoms. The van der Waals surface area contributed by atoms with Gasteiger partial charge in [0.15, 0.2) is 5.60 Å². The van der Waals surface area contributed by atoms with Crippen LogP contribution in [-0.2, 0) is 15.2 Å². The molecule has 6 nitrogen and oxygen atoms in total. The Morgan fingerprint density at radius 1 is 1.22 bits per heavy atom. The van der Waals surface area contributed by atoms with Crippen molar-refractivity contribution in [3.8, 4) is 0 Å². The van der Waals surface area contributed by atoms with Crippen LogP contribution in [0.4, 0.5) is 5.69 Å². The summed E-state index contributed by atoms with van der Waals surface area (Å²) >= 11 is 7.24. The third-order valence-corrected chi connectivity index (χ3v) is 5.27. The van der Waals surface area contributed by atoms with Crippen LogP contribution in [0.1, 0.15) is 16.2 Å². The number of carbonyl (C=O) groups excluding carboxylic acids is 2. The first kappa shape index (κ1) is 19.2. The average molecular weight is 405 g/mol. The number of amides is 2. The van der Waals surface area contributed by atoms with Crippen LogP contribution in [0.5, 0.6) is 0 Å². The summed E-state index contributed by atoms with van der Waals surface area (Å²) in [7, 11) is 0. The van der Waals surface area contributed by atoms with Crippen LogP contribution >= 0.6 is 22.9 Å². The van der Waals surface area contributed by atoms with Gasteiger partial charge in [-0.05, 0) is 48.2 Å². The Hall–Kier alpha value is -2.61. The van der Waals surface area contributed by atoms with Crippen LogP contribution in [0.15, 0.2) is 58.5 Å². The number of thiophene rings is 1. The summed E-state index contributed by atoms with van der Waals surface area (Å²) in [4.78, 5) is 25.0. The smallest absolute Gasteiger partial charge is 0.313 e. The molecule has 140 valence electrons. The highest BCUT2D eigenvalue weighted by atomic mass is 35.5. The number of aryl methyl sites for hydroxylation is 1. The molecule has 0 aliphatic heterocycles. The van der Waals surface area contributed by atoms with Gasteiger partial charge in [-0.1, -0.05) is 23.7 Å². The summed E-state index contributed by atoms with van der Waals surface area (Å²) in [5.41, 5.74) is -0.354. The standard InChI is InChI=1S/C19H17ClN2O4S/c1-12-6-7-13(20)10-14(12)22-18(24)17(23)21-11-19(25,15-4-2-8-26-15)16-5-3-9-27-16/h2-10,25H,11H2,1H3,(H,21,23)(H,22,24). The quantitative estimate of drug-likeness (QED) is 0.569. The number of hydrogen-bond donors (Lipinski definition) is 3. The van der Waals surface area contributed by atoms with Gasteiger partial charge >= 0.3 is 11.8 Å². The second kappa shape index (κ2) is 7.96. The van der Waals surface area contributed by atoms with Gasteiger partial charge in [-0.15, -0.1) is 11.3 Å². The molecule has 0 saturated heterocycles. The van der Waals surface area contributed by atoms with Crippen LogP contribution in [0.25, 0.3) is 0 Å². The normalized spacial score (nSPS) is 13.0. The van der Waals surface area contributed by atoms with Gasteiger partial charge in [0.25, 0.3) is 0 Å². The molecule has 3 rings (SSSR count). The second-order valence-electron chi connectivity index (χ2n) is 5.91. The zero-order valence-corrected chi connectivity index (χ0v) is 15.9. The van der Waals surface area contributed by atoms with Crippen LogP contribution < -0.4 is 10.6 Å². The first-order valence-electron chi connectivity index (χ1n) is 8.06. The molecule has 3 N–H and O–H groups in total. The fourth-order valence-corrected chi connectivity index (χ4v) is 3.52. The molecule has 0 bridgehead atoms. The number of carbonyl (C=O) groups is 2. The first-order chi connectivity index (χ1) is 12.9. The molecule has 0 saturated carbocycles. The molecule has 0 aliphatic carbocycles. The fraction of sp³-hybridized carbons (Fsp3) is 0.158. The Morgan fingerprint density at radius 3 is 2.70 bits per heavy atom. The number of anilines is 1. The van der Waals surface area contributed by atoms with E-state index in [1.54, 1.807) is 54.8 Å². The van der Waals surface area contributed by atoms with Crippen molar-refractivity contribution in [2.24, 2.45) is 0 Å². The van der Waals surface area contributed by atoms with Gasteiger partial charge in [0.1, 0.15) is 5.76 Å². The monoisotopic (exact) mass is 404 g/mol. The van der Waals surface area contributed by atoms with E-state index in [4.69, 9.17) is 16.0 Å². The summed E-state index contributed by atoms with van der Waals surface area (Å²) < 4.78 is 5.33. The van der Waals surface area contributed by atoms with E-state index in [-0.39, 0.29) is 12.3 Å². The lowest BCUT2D eigenvalue weighted by Gasteiger charge is -2.25. The molecule has 1 aromatic carbocycles. The molecule has 2 aromatic heterocycles. The number of rotatable bonds is 5. The van der Waals surface area contributed by atoms with E-state index < -0.39 is 17.4 Å². The highest BCUT2D eigenvalue weighted by molar-refractivity contribution is 7.10. The minimum Gasteiger partial charge on any atom is -0.466 e. The SMILES string of the molecule is Cc1ccc(Cl)cc1NC(=O)C(=O)NCC(O)(c1ccco1)c1cccs1. The van der Waals surface area contributed by atoms with Crippen molar-refractivity contribution in [3.05, 3.63) is 75.3 Å². The van der Waals surface area contributed by atoms with E-state index in [1.807, 2.05) is 0 Å². The predicted octanol–water partition coefficient (Wildman–Crippen LogP) is 3.29. The summed E-state index contributed by atoms with van der Waals surface area (Å²) in [6.07, 6.45) is 1.43. The van der Waals surface area contributed by atoms with Crippen molar-refractivity contribution >= 4 is 40.4 Å². The maximum atomic E-state index is 12.2. The van der Waals surface area contributed by atoms with Crippen LogP contribution in [0.3, 0.4) is 0 Å². The van der Waals surface area contributed by atoms with Crippen molar-refractivity contribution in [2.75, 3.05) is 11.9 Å². The maximum absolute atomic E-state index is 12.2. The lowest BCUT2D eigenvalue weighted by atomic mass is 9.98. The molecule has 0 aliphatic rings. The van der Waals surface area contributed by atoms with Gasteiger partial charge in [0.2, 0.25) is 0 Å². The molecular weight excluding hydrogens is 388 g/mol. The summed E-state index contributed by atoms with van der Waals surface area (Å²) in [5.74, 6) is -1.46. The number of furan rings is 1. The van der Waals surface area contributed by atoms with E-state index in [1.165, 1.54) is 17.6 Å². The van der Waals surface area contributed by atoms with E-state index in [2.05, 4.69) is 10.6 Å². The lowest BCUT2D eigenvalue weighted by molar-refractivity contribution is -0.136. The van der Waals surface area contributed by atoms with E-state index in [0.29, 0.717) is 15.6 Å². The lowest BCUT2D eigenvalue weighted by Crippen LogP contribution is -2.44. The molecular formula is C19H17ClN2O4S. The molecule has 1 unspecified atom stereocenters. The van der Waals surface area contributed by atoms with Crippen LogP contribution in [0.2, 0.25) is 5.02 Å².